The van der Waals surface area contributed by atoms with Crippen LogP contribution in [0.4, 0.5) is 17.6 Å². The van der Waals surface area contributed by atoms with Crippen molar-refractivity contribution in [2.75, 3.05) is 48.5 Å². The SMILES string of the molecule is COc1ccccc1/C=N\Nc1cc(N2CCCCC2)nc(N2CCCCC2)n1. The van der Waals surface area contributed by atoms with Gasteiger partial charge in [0.2, 0.25) is 5.95 Å². The summed E-state index contributed by atoms with van der Waals surface area (Å²) in [5, 5.41) is 4.41. The lowest BCUT2D eigenvalue weighted by Crippen LogP contribution is -2.33. The van der Waals surface area contributed by atoms with Gasteiger partial charge in [-0.3, -0.25) is 5.43 Å². The van der Waals surface area contributed by atoms with E-state index in [0.717, 1.165) is 55.1 Å². The summed E-state index contributed by atoms with van der Waals surface area (Å²) in [7, 11) is 1.67. The van der Waals surface area contributed by atoms with Gasteiger partial charge in [0, 0.05) is 37.8 Å². The van der Waals surface area contributed by atoms with Crippen LogP contribution in [0.5, 0.6) is 5.75 Å². The summed E-state index contributed by atoms with van der Waals surface area (Å²) >= 11 is 0. The highest BCUT2D eigenvalue weighted by molar-refractivity contribution is 5.83. The van der Waals surface area contributed by atoms with Crippen molar-refractivity contribution in [2.45, 2.75) is 38.5 Å². The van der Waals surface area contributed by atoms with Gasteiger partial charge in [0.25, 0.3) is 0 Å². The smallest absolute Gasteiger partial charge is 0.229 e. The summed E-state index contributed by atoms with van der Waals surface area (Å²) in [4.78, 5) is 14.3. The molecule has 0 aliphatic carbocycles. The minimum Gasteiger partial charge on any atom is -0.496 e. The quantitative estimate of drug-likeness (QED) is 0.592. The first kappa shape index (κ1) is 19.5. The molecule has 1 N–H and O–H groups in total. The van der Waals surface area contributed by atoms with Crippen LogP contribution in [-0.2, 0) is 0 Å². The van der Waals surface area contributed by atoms with Gasteiger partial charge in [0.15, 0.2) is 5.82 Å². The van der Waals surface area contributed by atoms with Gasteiger partial charge in [-0.25, -0.2) is 0 Å². The summed E-state index contributed by atoms with van der Waals surface area (Å²) < 4.78 is 5.39. The molecule has 2 aliphatic heterocycles. The Bertz CT molecular complexity index is 792. The third-order valence-electron chi connectivity index (χ3n) is 5.54. The van der Waals surface area contributed by atoms with Crippen LogP contribution in [-0.4, -0.2) is 49.5 Å². The molecule has 2 aromatic rings. The fraction of sp³-hybridized carbons (Fsp3) is 0.500. The molecule has 0 unspecified atom stereocenters. The molecule has 4 rings (SSSR count). The van der Waals surface area contributed by atoms with Crippen molar-refractivity contribution < 1.29 is 4.74 Å². The minimum absolute atomic E-state index is 0.729. The fourth-order valence-electron chi connectivity index (χ4n) is 3.94. The molecule has 0 atom stereocenters. The zero-order chi connectivity index (χ0) is 19.9. The van der Waals surface area contributed by atoms with Crippen LogP contribution in [0.2, 0.25) is 0 Å². The standard InChI is InChI=1S/C22H30N6O/c1-29-19-11-5-4-10-18(19)17-23-26-20-16-21(27-12-6-2-7-13-27)25-22(24-20)28-14-8-3-9-15-28/h4-5,10-11,16-17H,2-3,6-9,12-15H2,1H3,(H,24,25,26)/b23-17-. The number of ether oxygens (including phenoxy) is 1. The van der Waals surface area contributed by atoms with E-state index in [2.05, 4.69) is 20.3 Å². The Morgan fingerprint density at radius 1 is 0.931 bits per heavy atom. The Labute approximate surface area is 172 Å². The van der Waals surface area contributed by atoms with E-state index in [0.29, 0.717) is 0 Å². The lowest BCUT2D eigenvalue weighted by molar-refractivity contribution is 0.414. The number of aromatic nitrogens is 2. The molecule has 1 aromatic carbocycles. The molecule has 0 saturated carbocycles. The number of para-hydroxylation sites is 1. The Morgan fingerprint density at radius 3 is 2.34 bits per heavy atom. The van der Waals surface area contributed by atoms with Crippen LogP contribution in [0.3, 0.4) is 0 Å². The van der Waals surface area contributed by atoms with Crippen molar-refractivity contribution in [3.8, 4) is 5.75 Å². The molecular weight excluding hydrogens is 364 g/mol. The predicted molar refractivity (Wildman–Crippen MR) is 118 cm³/mol. The number of hydrogen-bond acceptors (Lipinski definition) is 7. The largest absolute Gasteiger partial charge is 0.496 e. The average Bonchev–Trinajstić information content (AvgIpc) is 2.80. The maximum atomic E-state index is 5.39. The number of nitrogens with one attached hydrogen (secondary N) is 1. The molecule has 7 heteroatoms. The molecule has 0 bridgehead atoms. The highest BCUT2D eigenvalue weighted by Crippen LogP contribution is 2.25. The molecule has 0 radical (unpaired) electrons. The number of hydrazone groups is 1. The summed E-state index contributed by atoms with van der Waals surface area (Å²) in [6, 6.07) is 9.83. The third-order valence-corrected chi connectivity index (χ3v) is 5.54. The Hall–Kier alpha value is -2.83. The van der Waals surface area contributed by atoms with Gasteiger partial charge < -0.3 is 14.5 Å². The second kappa shape index (κ2) is 9.58. The number of piperidine rings is 2. The van der Waals surface area contributed by atoms with Crippen LogP contribution in [0.15, 0.2) is 35.4 Å². The second-order valence-electron chi connectivity index (χ2n) is 7.62. The Morgan fingerprint density at radius 2 is 1.62 bits per heavy atom. The first-order valence-electron chi connectivity index (χ1n) is 10.6. The number of methoxy groups -OCH3 is 1. The molecule has 1 aromatic heterocycles. The van der Waals surface area contributed by atoms with E-state index >= 15 is 0 Å². The topological polar surface area (TPSA) is 65.9 Å². The molecule has 2 fully saturated rings. The van der Waals surface area contributed by atoms with Crippen molar-refractivity contribution in [3.05, 3.63) is 35.9 Å². The lowest BCUT2D eigenvalue weighted by atomic mass is 10.1. The summed E-state index contributed by atoms with van der Waals surface area (Å²) in [6.45, 7) is 4.15. The van der Waals surface area contributed by atoms with Gasteiger partial charge >= 0.3 is 0 Å². The monoisotopic (exact) mass is 394 g/mol. The number of nitrogens with zero attached hydrogens (tertiary/aromatic N) is 5. The number of benzene rings is 1. The normalized spacial score (nSPS) is 17.6. The highest BCUT2D eigenvalue weighted by Gasteiger charge is 2.19. The molecule has 29 heavy (non-hydrogen) atoms. The zero-order valence-electron chi connectivity index (χ0n) is 17.2. The van der Waals surface area contributed by atoms with Crippen molar-refractivity contribution >= 4 is 23.8 Å². The molecule has 7 nitrogen and oxygen atoms in total. The average molecular weight is 395 g/mol. The number of anilines is 3. The van der Waals surface area contributed by atoms with Gasteiger partial charge in [-0.2, -0.15) is 15.1 Å². The predicted octanol–water partition coefficient (Wildman–Crippen LogP) is 3.91. The van der Waals surface area contributed by atoms with Gasteiger partial charge in [-0.05, 0) is 50.7 Å². The summed E-state index contributed by atoms with van der Waals surface area (Å²) in [5.41, 5.74) is 4.03. The van der Waals surface area contributed by atoms with Crippen molar-refractivity contribution in [3.63, 3.8) is 0 Å². The molecule has 154 valence electrons. The maximum absolute atomic E-state index is 5.39. The molecule has 3 heterocycles. The lowest BCUT2D eigenvalue weighted by Gasteiger charge is -2.31. The van der Waals surface area contributed by atoms with E-state index in [1.165, 1.54) is 38.5 Å². The van der Waals surface area contributed by atoms with Crippen molar-refractivity contribution in [1.82, 2.24) is 9.97 Å². The van der Waals surface area contributed by atoms with E-state index in [1.807, 2.05) is 30.3 Å². The molecular formula is C22H30N6O. The summed E-state index contributed by atoms with van der Waals surface area (Å²) in [5.74, 6) is 3.33. The fourth-order valence-corrected chi connectivity index (χ4v) is 3.94. The van der Waals surface area contributed by atoms with E-state index < -0.39 is 0 Å². The van der Waals surface area contributed by atoms with E-state index in [-0.39, 0.29) is 0 Å². The maximum Gasteiger partial charge on any atom is 0.229 e. The van der Waals surface area contributed by atoms with Crippen molar-refractivity contribution in [1.29, 1.82) is 0 Å². The zero-order valence-corrected chi connectivity index (χ0v) is 17.2. The molecule has 2 aliphatic rings. The van der Waals surface area contributed by atoms with Gasteiger partial charge in [0.05, 0.1) is 13.3 Å². The highest BCUT2D eigenvalue weighted by atomic mass is 16.5. The van der Waals surface area contributed by atoms with Gasteiger partial charge in [0.1, 0.15) is 11.6 Å². The van der Waals surface area contributed by atoms with Gasteiger partial charge in [-0.15, -0.1) is 0 Å². The van der Waals surface area contributed by atoms with Crippen LogP contribution >= 0.6 is 0 Å². The first-order valence-corrected chi connectivity index (χ1v) is 10.6. The van der Waals surface area contributed by atoms with E-state index in [4.69, 9.17) is 14.7 Å². The molecule has 0 spiro atoms. The molecule has 2 saturated heterocycles. The third kappa shape index (κ3) is 4.96. The van der Waals surface area contributed by atoms with Crippen molar-refractivity contribution in [2.24, 2.45) is 5.10 Å². The Balaban J connectivity index is 1.56. The summed E-state index contributed by atoms with van der Waals surface area (Å²) in [6.07, 6.45) is 9.20. The van der Waals surface area contributed by atoms with Crippen LogP contribution in [0.25, 0.3) is 0 Å². The van der Waals surface area contributed by atoms with Crippen LogP contribution < -0.4 is 20.0 Å². The van der Waals surface area contributed by atoms with Crippen LogP contribution in [0.1, 0.15) is 44.1 Å². The number of rotatable bonds is 6. The van der Waals surface area contributed by atoms with Gasteiger partial charge in [-0.1, -0.05) is 12.1 Å². The molecule has 0 amide bonds. The van der Waals surface area contributed by atoms with E-state index in [9.17, 15) is 0 Å². The Kier molecular flexibility index (Phi) is 6.44. The second-order valence-corrected chi connectivity index (χ2v) is 7.62. The van der Waals surface area contributed by atoms with Crippen LogP contribution in [0, 0.1) is 0 Å². The first-order chi connectivity index (χ1) is 14.3. The number of hydrogen-bond donors (Lipinski definition) is 1. The minimum atomic E-state index is 0.729. The van der Waals surface area contributed by atoms with E-state index in [1.54, 1.807) is 13.3 Å².